The zero-order valence-corrected chi connectivity index (χ0v) is 22.9. The number of piperidine rings is 4. The molecule has 0 radical (unpaired) electrons. The monoisotopic (exact) mass is 512 g/mol. The summed E-state index contributed by atoms with van der Waals surface area (Å²) in [6.45, 7) is 6.88. The number of hydrogen-bond donors (Lipinski definition) is 1. The van der Waals surface area contributed by atoms with Crippen LogP contribution in [0.2, 0.25) is 0 Å². The maximum absolute atomic E-state index is 12.2. The third-order valence-electron chi connectivity index (χ3n) is 11.2. The molecule has 7 heterocycles. The van der Waals surface area contributed by atoms with Gasteiger partial charge < -0.3 is 14.3 Å². The average Bonchev–Trinajstić information content (AvgIpc) is 3.65. The second-order valence-corrected chi connectivity index (χ2v) is 14.6. The minimum atomic E-state index is -0.349. The average molecular weight is 513 g/mol. The highest BCUT2D eigenvalue weighted by Crippen LogP contribution is 2.61. The molecule has 5 nitrogen and oxygen atoms in total. The summed E-state index contributed by atoms with van der Waals surface area (Å²) in [6, 6.07) is 4.24. The Hall–Kier alpha value is -0.950. The molecule has 0 aromatic carbocycles. The predicted octanol–water partition coefficient (Wildman–Crippen LogP) is 5.96. The molecule has 6 heteroatoms. The van der Waals surface area contributed by atoms with Gasteiger partial charge in [0.15, 0.2) is 0 Å². The molecule has 0 saturated carbocycles. The van der Waals surface area contributed by atoms with E-state index in [1.807, 2.05) is 18.8 Å². The van der Waals surface area contributed by atoms with Crippen molar-refractivity contribution in [2.45, 2.75) is 113 Å². The molecule has 6 aliphatic heterocycles. The summed E-state index contributed by atoms with van der Waals surface area (Å²) in [5.74, 6) is 2.63. The van der Waals surface area contributed by atoms with Crippen LogP contribution in [0.5, 0.6) is 0 Å². The van der Waals surface area contributed by atoms with Crippen LogP contribution in [0.4, 0.5) is 0 Å². The fourth-order valence-electron chi connectivity index (χ4n) is 9.27. The fraction of sp³-hybridized carbons (Fsp3) is 0.800. The highest BCUT2D eigenvalue weighted by Gasteiger charge is 2.60. The van der Waals surface area contributed by atoms with E-state index in [0.717, 1.165) is 25.4 Å². The van der Waals surface area contributed by atoms with Crippen molar-refractivity contribution in [3.8, 4) is 0 Å². The molecule has 0 bridgehead atoms. The molecule has 0 amide bonds. The van der Waals surface area contributed by atoms with Gasteiger partial charge in [-0.3, -0.25) is 9.80 Å². The van der Waals surface area contributed by atoms with E-state index in [1.54, 1.807) is 0 Å². The number of nitrogens with zero attached hydrogens (tertiary/aromatic N) is 2. The minimum absolute atomic E-state index is 0.0226. The molecule has 9 atom stereocenters. The Kier molecular flexibility index (Phi) is 6.07. The van der Waals surface area contributed by atoms with Crippen LogP contribution in [-0.4, -0.2) is 62.9 Å². The Morgan fingerprint density at radius 2 is 1.81 bits per heavy atom. The van der Waals surface area contributed by atoms with E-state index in [4.69, 9.17) is 9.15 Å². The molecule has 2 spiro atoms. The lowest BCUT2D eigenvalue weighted by molar-refractivity contribution is -0.134. The van der Waals surface area contributed by atoms with Gasteiger partial charge in [0.2, 0.25) is 0 Å². The normalized spacial score (nSPS) is 47.5. The largest absolute Gasteiger partial charge is 0.501 e. The Bertz CT molecular complexity index is 983. The van der Waals surface area contributed by atoms with Crippen molar-refractivity contribution in [2.75, 3.05) is 18.9 Å². The van der Waals surface area contributed by atoms with Crippen LogP contribution in [-0.2, 0) is 4.74 Å². The third-order valence-corrected chi connectivity index (χ3v) is 13.1. The van der Waals surface area contributed by atoms with E-state index in [9.17, 15) is 5.11 Å². The van der Waals surface area contributed by atoms with E-state index >= 15 is 0 Å². The van der Waals surface area contributed by atoms with Gasteiger partial charge in [0.25, 0.3) is 0 Å². The topological polar surface area (TPSA) is 49.1 Å². The van der Waals surface area contributed by atoms with Crippen molar-refractivity contribution in [1.29, 1.82) is 0 Å². The molecule has 36 heavy (non-hydrogen) atoms. The van der Waals surface area contributed by atoms with Gasteiger partial charge in [0.1, 0.15) is 6.23 Å². The summed E-state index contributed by atoms with van der Waals surface area (Å²) in [5, 5.41) is 12.2. The standard InChI is InChI=1S/C30H44N2O3S/c1-20-3-5-26(22-9-13-34-15-22)31-18-29(11-7-24(20)31)17-30(36-19-29)12-8-25-21(2)4-6-27(32(25)28(30)33)23-10-14-35-16-23/h9,13,15-16,20-21,24-28,33H,3-8,10-12,14,17-19H2,1-2H3/t20-,21-,24+,25+,26?,27?,28-,29+,30+/m1/s1. The van der Waals surface area contributed by atoms with Crippen molar-refractivity contribution in [3.05, 3.63) is 36.0 Å². The van der Waals surface area contributed by atoms with Crippen LogP contribution in [0.1, 0.15) is 89.7 Å². The molecular formula is C30H44N2O3S. The van der Waals surface area contributed by atoms with Gasteiger partial charge in [-0.15, -0.1) is 0 Å². The number of furan rings is 1. The van der Waals surface area contributed by atoms with Crippen molar-refractivity contribution < 1.29 is 14.3 Å². The van der Waals surface area contributed by atoms with Gasteiger partial charge in [-0.05, 0) is 86.7 Å². The number of thioether (sulfide) groups is 1. The highest BCUT2D eigenvalue weighted by molar-refractivity contribution is 8.01. The summed E-state index contributed by atoms with van der Waals surface area (Å²) < 4.78 is 11.2. The fourth-order valence-corrected chi connectivity index (χ4v) is 11.1. The van der Waals surface area contributed by atoms with E-state index < -0.39 is 0 Å². The van der Waals surface area contributed by atoms with Gasteiger partial charge in [0, 0.05) is 48.4 Å². The van der Waals surface area contributed by atoms with Crippen molar-refractivity contribution >= 4 is 11.8 Å². The van der Waals surface area contributed by atoms with Gasteiger partial charge in [-0.2, -0.15) is 11.8 Å². The Morgan fingerprint density at radius 1 is 1.00 bits per heavy atom. The number of ether oxygens (including phenoxy) is 1. The van der Waals surface area contributed by atoms with E-state index in [2.05, 4.69) is 41.5 Å². The Labute approximate surface area is 221 Å². The van der Waals surface area contributed by atoms with E-state index in [-0.39, 0.29) is 11.0 Å². The van der Waals surface area contributed by atoms with Crippen molar-refractivity contribution in [3.63, 3.8) is 0 Å². The molecule has 198 valence electrons. The van der Waals surface area contributed by atoms with E-state index in [0.29, 0.717) is 35.5 Å². The summed E-state index contributed by atoms with van der Waals surface area (Å²) in [5.41, 5.74) is 3.11. The van der Waals surface area contributed by atoms with Gasteiger partial charge >= 0.3 is 0 Å². The first-order valence-electron chi connectivity index (χ1n) is 14.7. The highest BCUT2D eigenvalue weighted by atomic mass is 32.2. The summed E-state index contributed by atoms with van der Waals surface area (Å²) in [6.07, 6.45) is 17.7. The molecule has 5 fully saturated rings. The molecular weight excluding hydrogens is 468 g/mol. The first-order chi connectivity index (χ1) is 17.5. The van der Waals surface area contributed by atoms with Crippen LogP contribution < -0.4 is 0 Å². The summed E-state index contributed by atoms with van der Waals surface area (Å²) >= 11 is 2.13. The van der Waals surface area contributed by atoms with Crippen LogP contribution >= 0.6 is 11.8 Å². The Morgan fingerprint density at radius 3 is 2.58 bits per heavy atom. The van der Waals surface area contributed by atoms with Crippen LogP contribution in [0.15, 0.2) is 34.8 Å². The van der Waals surface area contributed by atoms with Crippen LogP contribution in [0, 0.1) is 17.3 Å². The van der Waals surface area contributed by atoms with Gasteiger partial charge in [-0.25, -0.2) is 0 Å². The zero-order chi connectivity index (χ0) is 24.5. The molecule has 2 unspecified atom stereocenters. The van der Waals surface area contributed by atoms with Crippen LogP contribution in [0.3, 0.4) is 0 Å². The zero-order valence-electron chi connectivity index (χ0n) is 22.1. The first kappa shape index (κ1) is 24.1. The smallest absolute Gasteiger partial charge is 0.122 e. The first-order valence-corrected chi connectivity index (χ1v) is 15.7. The van der Waals surface area contributed by atoms with Crippen molar-refractivity contribution in [2.24, 2.45) is 17.3 Å². The third kappa shape index (κ3) is 3.76. The maximum atomic E-state index is 12.2. The number of aliphatic hydroxyl groups is 1. The molecule has 0 aliphatic carbocycles. The van der Waals surface area contributed by atoms with Gasteiger partial charge in [0.05, 0.1) is 30.1 Å². The quantitative estimate of drug-likeness (QED) is 0.527. The number of hydrogen-bond acceptors (Lipinski definition) is 6. The second kappa shape index (κ2) is 9.07. The number of rotatable bonds is 2. The predicted molar refractivity (Wildman–Crippen MR) is 144 cm³/mol. The summed E-state index contributed by atoms with van der Waals surface area (Å²) in [4.78, 5) is 5.44. The second-order valence-electron chi connectivity index (χ2n) is 13.2. The number of fused-ring (bicyclic) bond motifs is 2. The van der Waals surface area contributed by atoms with Crippen molar-refractivity contribution in [1.82, 2.24) is 9.80 Å². The molecule has 7 rings (SSSR count). The minimum Gasteiger partial charge on any atom is -0.501 e. The van der Waals surface area contributed by atoms with Crippen LogP contribution in [0.25, 0.3) is 0 Å². The SMILES string of the molecule is C[C@@H]1CCC(c2ccoc2)N2C[C@@]3(CC[C@@H]12)CS[C@@]1(CC[C@H]2[C@H](C)CCC(C4=COCC4)N2[C@@H]1O)C3. The van der Waals surface area contributed by atoms with E-state index in [1.165, 1.54) is 74.8 Å². The molecule has 1 aromatic rings. The van der Waals surface area contributed by atoms with Gasteiger partial charge in [-0.1, -0.05) is 13.8 Å². The molecule has 5 saturated heterocycles. The Balaban J connectivity index is 1.15. The maximum Gasteiger partial charge on any atom is 0.122 e. The molecule has 6 aliphatic rings. The number of aliphatic hydroxyl groups excluding tert-OH is 1. The molecule has 1 N–H and O–H groups in total. The lowest BCUT2D eigenvalue weighted by atomic mass is 9.66. The molecule has 1 aromatic heterocycles. The summed E-state index contributed by atoms with van der Waals surface area (Å²) in [7, 11) is 0. The lowest BCUT2D eigenvalue weighted by Gasteiger charge is -2.57. The lowest BCUT2D eigenvalue weighted by Crippen LogP contribution is -2.65.